The second-order valence-electron chi connectivity index (χ2n) is 6.75. The van der Waals surface area contributed by atoms with E-state index in [4.69, 9.17) is 16.3 Å². The molecule has 2 amide bonds. The summed E-state index contributed by atoms with van der Waals surface area (Å²) < 4.78 is 5.27. The predicted molar refractivity (Wildman–Crippen MR) is 120 cm³/mol. The Morgan fingerprint density at radius 1 is 0.839 bits per heavy atom. The summed E-state index contributed by atoms with van der Waals surface area (Å²) in [4.78, 5) is 36.5. The number of amides is 2. The van der Waals surface area contributed by atoms with Crippen LogP contribution in [0.2, 0.25) is 5.02 Å². The summed E-state index contributed by atoms with van der Waals surface area (Å²) in [6.45, 7) is 2.02. The normalized spacial score (nSPS) is 10.3. The molecule has 0 bridgehead atoms. The van der Waals surface area contributed by atoms with Gasteiger partial charge in [0.2, 0.25) is 0 Å². The van der Waals surface area contributed by atoms with E-state index in [2.05, 4.69) is 10.6 Å². The monoisotopic (exact) mass is 436 g/mol. The van der Waals surface area contributed by atoms with E-state index in [1.165, 1.54) is 0 Å². The second kappa shape index (κ2) is 10.4. The molecule has 0 spiro atoms. The van der Waals surface area contributed by atoms with Gasteiger partial charge in [-0.05, 0) is 55.0 Å². The standard InChI is InChI=1S/C24H21ClN2O4/c1-16-6-2-3-7-19(16)23(29)26-15-14-22(28)31-18-12-10-17(11-13-18)27-24(30)20-8-4-5-9-21(20)25/h2-13H,14-15H2,1H3,(H,26,29)(H,27,30). The van der Waals surface area contributed by atoms with Gasteiger partial charge in [-0.2, -0.15) is 0 Å². The van der Waals surface area contributed by atoms with Crippen LogP contribution in [0.25, 0.3) is 0 Å². The van der Waals surface area contributed by atoms with Crippen molar-refractivity contribution in [3.05, 3.63) is 94.5 Å². The number of aryl methyl sites for hydroxylation is 1. The van der Waals surface area contributed by atoms with Crippen molar-refractivity contribution < 1.29 is 19.1 Å². The average Bonchev–Trinajstić information content (AvgIpc) is 2.75. The molecule has 31 heavy (non-hydrogen) atoms. The third-order valence-electron chi connectivity index (χ3n) is 4.47. The van der Waals surface area contributed by atoms with Crippen LogP contribution < -0.4 is 15.4 Å². The Hall–Kier alpha value is -3.64. The summed E-state index contributed by atoms with van der Waals surface area (Å²) in [6.07, 6.45) is 0.0304. The first-order valence-corrected chi connectivity index (χ1v) is 10.0. The van der Waals surface area contributed by atoms with Crippen molar-refractivity contribution in [2.45, 2.75) is 13.3 Å². The number of hydrogen-bond acceptors (Lipinski definition) is 4. The summed E-state index contributed by atoms with van der Waals surface area (Å²) >= 11 is 6.03. The average molecular weight is 437 g/mol. The third kappa shape index (κ3) is 6.17. The molecule has 0 atom stereocenters. The maximum absolute atomic E-state index is 12.3. The Balaban J connectivity index is 1.46. The van der Waals surface area contributed by atoms with Crippen molar-refractivity contribution in [1.29, 1.82) is 0 Å². The van der Waals surface area contributed by atoms with Gasteiger partial charge in [0.1, 0.15) is 5.75 Å². The van der Waals surface area contributed by atoms with Crippen molar-refractivity contribution in [3.8, 4) is 5.75 Å². The van der Waals surface area contributed by atoms with Gasteiger partial charge in [0.25, 0.3) is 11.8 Å². The van der Waals surface area contributed by atoms with Gasteiger partial charge in [-0.1, -0.05) is 41.9 Å². The van der Waals surface area contributed by atoms with E-state index in [-0.39, 0.29) is 24.8 Å². The Morgan fingerprint density at radius 3 is 2.16 bits per heavy atom. The molecule has 0 fully saturated rings. The predicted octanol–water partition coefficient (Wildman–Crippen LogP) is 4.63. The van der Waals surface area contributed by atoms with Crippen molar-refractivity contribution >= 4 is 35.1 Å². The van der Waals surface area contributed by atoms with Crippen LogP contribution in [0.5, 0.6) is 5.75 Å². The minimum Gasteiger partial charge on any atom is -0.426 e. The van der Waals surface area contributed by atoms with Crippen LogP contribution >= 0.6 is 11.6 Å². The molecule has 0 aromatic heterocycles. The number of carbonyl (C=O) groups is 3. The summed E-state index contributed by atoms with van der Waals surface area (Å²) in [5.41, 5.74) is 2.34. The van der Waals surface area contributed by atoms with Gasteiger partial charge in [0, 0.05) is 17.8 Å². The van der Waals surface area contributed by atoms with Crippen LogP contribution in [0.1, 0.15) is 32.7 Å². The zero-order chi connectivity index (χ0) is 22.2. The quantitative estimate of drug-likeness (QED) is 0.418. The molecule has 0 aliphatic carbocycles. The first-order valence-electron chi connectivity index (χ1n) is 9.64. The van der Waals surface area contributed by atoms with Gasteiger partial charge in [0.15, 0.2) is 0 Å². The molecule has 0 saturated carbocycles. The highest BCUT2D eigenvalue weighted by molar-refractivity contribution is 6.34. The number of carbonyl (C=O) groups excluding carboxylic acids is 3. The SMILES string of the molecule is Cc1ccccc1C(=O)NCCC(=O)Oc1ccc(NC(=O)c2ccccc2Cl)cc1. The molecule has 158 valence electrons. The molecule has 0 aliphatic heterocycles. The van der Waals surface area contributed by atoms with Crippen LogP contribution in [-0.4, -0.2) is 24.3 Å². The van der Waals surface area contributed by atoms with E-state index in [9.17, 15) is 14.4 Å². The summed E-state index contributed by atoms with van der Waals surface area (Å²) in [6, 6.07) is 20.4. The van der Waals surface area contributed by atoms with E-state index in [0.717, 1.165) is 5.56 Å². The largest absolute Gasteiger partial charge is 0.426 e. The summed E-state index contributed by atoms with van der Waals surface area (Å²) in [5.74, 6) is -0.701. The topological polar surface area (TPSA) is 84.5 Å². The van der Waals surface area contributed by atoms with Crippen LogP contribution in [0.15, 0.2) is 72.8 Å². The van der Waals surface area contributed by atoms with E-state index < -0.39 is 5.97 Å². The van der Waals surface area contributed by atoms with Crippen molar-refractivity contribution in [1.82, 2.24) is 5.32 Å². The molecule has 0 aliphatic rings. The molecule has 7 heteroatoms. The molecule has 2 N–H and O–H groups in total. The van der Waals surface area contributed by atoms with E-state index in [1.807, 2.05) is 19.1 Å². The molecule has 6 nitrogen and oxygen atoms in total. The van der Waals surface area contributed by atoms with Crippen molar-refractivity contribution in [2.75, 3.05) is 11.9 Å². The first kappa shape index (κ1) is 22.1. The number of nitrogens with one attached hydrogen (secondary N) is 2. The van der Waals surface area contributed by atoms with Crippen LogP contribution in [0.3, 0.4) is 0 Å². The lowest BCUT2D eigenvalue weighted by molar-refractivity contribution is -0.134. The molecule has 0 saturated heterocycles. The minimum absolute atomic E-state index is 0.0304. The molecular weight excluding hydrogens is 416 g/mol. The number of rotatable bonds is 7. The second-order valence-corrected chi connectivity index (χ2v) is 7.16. The first-order chi connectivity index (χ1) is 14.9. The van der Waals surface area contributed by atoms with Gasteiger partial charge in [-0.3, -0.25) is 14.4 Å². The lowest BCUT2D eigenvalue weighted by atomic mass is 10.1. The van der Waals surface area contributed by atoms with E-state index >= 15 is 0 Å². The van der Waals surface area contributed by atoms with Gasteiger partial charge in [0.05, 0.1) is 17.0 Å². The van der Waals surface area contributed by atoms with Crippen LogP contribution in [0.4, 0.5) is 5.69 Å². The fourth-order valence-corrected chi connectivity index (χ4v) is 3.06. The van der Waals surface area contributed by atoms with Gasteiger partial charge >= 0.3 is 5.97 Å². The van der Waals surface area contributed by atoms with Crippen molar-refractivity contribution in [3.63, 3.8) is 0 Å². The Kier molecular flexibility index (Phi) is 7.40. The van der Waals surface area contributed by atoms with Gasteiger partial charge < -0.3 is 15.4 Å². The number of halogens is 1. The van der Waals surface area contributed by atoms with Crippen LogP contribution in [-0.2, 0) is 4.79 Å². The lowest BCUT2D eigenvalue weighted by Gasteiger charge is -2.09. The molecule has 0 unspecified atom stereocenters. The number of hydrogen-bond donors (Lipinski definition) is 2. The smallest absolute Gasteiger partial charge is 0.312 e. The number of anilines is 1. The molecule has 0 heterocycles. The Morgan fingerprint density at radius 2 is 1.48 bits per heavy atom. The fourth-order valence-electron chi connectivity index (χ4n) is 2.83. The zero-order valence-corrected chi connectivity index (χ0v) is 17.6. The maximum Gasteiger partial charge on any atom is 0.312 e. The van der Waals surface area contributed by atoms with Crippen LogP contribution in [0, 0.1) is 6.92 Å². The summed E-state index contributed by atoms with van der Waals surface area (Å²) in [5, 5.41) is 5.81. The van der Waals surface area contributed by atoms with E-state index in [0.29, 0.717) is 27.6 Å². The fraction of sp³-hybridized carbons (Fsp3) is 0.125. The van der Waals surface area contributed by atoms with E-state index in [1.54, 1.807) is 60.7 Å². The Bertz CT molecular complexity index is 1100. The molecule has 3 aromatic carbocycles. The highest BCUT2D eigenvalue weighted by atomic mass is 35.5. The number of benzene rings is 3. The zero-order valence-electron chi connectivity index (χ0n) is 16.9. The highest BCUT2D eigenvalue weighted by Crippen LogP contribution is 2.19. The van der Waals surface area contributed by atoms with Gasteiger partial charge in [-0.25, -0.2) is 0 Å². The maximum atomic E-state index is 12.3. The molecule has 3 aromatic rings. The van der Waals surface area contributed by atoms with Crippen molar-refractivity contribution in [2.24, 2.45) is 0 Å². The molecule has 3 rings (SSSR count). The van der Waals surface area contributed by atoms with Gasteiger partial charge in [-0.15, -0.1) is 0 Å². The minimum atomic E-state index is -0.474. The lowest BCUT2D eigenvalue weighted by Crippen LogP contribution is -2.27. The number of ether oxygens (including phenoxy) is 1. The molecular formula is C24H21ClN2O4. The Labute approximate surface area is 185 Å². The third-order valence-corrected chi connectivity index (χ3v) is 4.80. The highest BCUT2D eigenvalue weighted by Gasteiger charge is 2.12. The number of esters is 1. The summed E-state index contributed by atoms with van der Waals surface area (Å²) in [7, 11) is 0. The molecule has 0 radical (unpaired) electrons.